The summed E-state index contributed by atoms with van der Waals surface area (Å²) in [6, 6.07) is 0.0459. The van der Waals surface area contributed by atoms with E-state index in [1.54, 1.807) is 4.90 Å². The average molecular weight is 196 g/mol. The first kappa shape index (κ1) is 10.4. The Morgan fingerprint density at radius 2 is 2.36 bits per heavy atom. The molecule has 0 aliphatic heterocycles. The number of aliphatic carboxylic acids is 1. The van der Waals surface area contributed by atoms with E-state index in [2.05, 4.69) is 15.2 Å². The zero-order valence-electron chi connectivity index (χ0n) is 8.08. The van der Waals surface area contributed by atoms with Crippen molar-refractivity contribution in [2.75, 3.05) is 11.4 Å². The number of anilines is 1. The van der Waals surface area contributed by atoms with Gasteiger partial charge in [0.15, 0.2) is 5.82 Å². The maximum atomic E-state index is 10.6. The van der Waals surface area contributed by atoms with E-state index >= 15 is 0 Å². The summed E-state index contributed by atoms with van der Waals surface area (Å²) in [5, 5.41) is 16.1. The van der Waals surface area contributed by atoms with Crippen LogP contribution in [0.5, 0.6) is 0 Å². The van der Waals surface area contributed by atoms with Crippen LogP contribution in [0.2, 0.25) is 0 Å². The quantitative estimate of drug-likeness (QED) is 0.739. The van der Waals surface area contributed by atoms with Gasteiger partial charge in [-0.15, -0.1) is 10.2 Å². The number of carboxylic acid groups (broad SMARTS) is 1. The van der Waals surface area contributed by atoms with Gasteiger partial charge >= 0.3 is 5.97 Å². The molecule has 0 saturated heterocycles. The summed E-state index contributed by atoms with van der Waals surface area (Å²) in [6.45, 7) is 3.67. The van der Waals surface area contributed by atoms with Crippen molar-refractivity contribution in [3.05, 3.63) is 12.5 Å². The predicted molar refractivity (Wildman–Crippen MR) is 49.9 cm³/mol. The lowest BCUT2D eigenvalue weighted by atomic mass is 10.3. The third-order valence-electron chi connectivity index (χ3n) is 1.69. The van der Waals surface area contributed by atoms with E-state index in [-0.39, 0.29) is 12.6 Å². The Morgan fingerprint density at radius 3 is 2.79 bits per heavy atom. The first-order valence-electron chi connectivity index (χ1n) is 4.22. The number of hydrogen-bond acceptors (Lipinski definition) is 5. The molecule has 0 radical (unpaired) electrons. The van der Waals surface area contributed by atoms with Crippen molar-refractivity contribution >= 4 is 11.8 Å². The summed E-state index contributed by atoms with van der Waals surface area (Å²) in [5.74, 6) is -0.422. The van der Waals surface area contributed by atoms with Gasteiger partial charge in [0.25, 0.3) is 0 Å². The van der Waals surface area contributed by atoms with Crippen molar-refractivity contribution in [3.8, 4) is 0 Å². The number of carboxylic acids is 1. The average Bonchev–Trinajstić information content (AvgIpc) is 2.15. The topological polar surface area (TPSA) is 79.2 Å². The summed E-state index contributed by atoms with van der Waals surface area (Å²) in [4.78, 5) is 16.0. The van der Waals surface area contributed by atoms with E-state index in [9.17, 15) is 4.79 Å². The maximum absolute atomic E-state index is 10.6. The molecule has 6 nitrogen and oxygen atoms in total. The summed E-state index contributed by atoms with van der Waals surface area (Å²) in [7, 11) is 0. The fraction of sp³-hybridized carbons (Fsp3) is 0.500. The van der Waals surface area contributed by atoms with Gasteiger partial charge in [0.2, 0.25) is 0 Å². The molecule has 1 rings (SSSR count). The molecule has 6 heteroatoms. The maximum Gasteiger partial charge on any atom is 0.323 e. The van der Waals surface area contributed by atoms with Gasteiger partial charge in [0.05, 0.1) is 6.20 Å². The fourth-order valence-electron chi connectivity index (χ4n) is 1.05. The van der Waals surface area contributed by atoms with Crippen molar-refractivity contribution in [1.29, 1.82) is 0 Å². The van der Waals surface area contributed by atoms with Crippen molar-refractivity contribution < 1.29 is 9.90 Å². The number of hydrogen-bond donors (Lipinski definition) is 1. The molecule has 0 atom stereocenters. The summed E-state index contributed by atoms with van der Waals surface area (Å²) in [5.41, 5.74) is 0. The summed E-state index contributed by atoms with van der Waals surface area (Å²) < 4.78 is 0. The number of rotatable bonds is 4. The minimum atomic E-state index is -0.899. The zero-order chi connectivity index (χ0) is 10.6. The SMILES string of the molecule is CC(C)N(CC(=O)O)c1cncnn1. The third-order valence-corrected chi connectivity index (χ3v) is 1.69. The Balaban J connectivity index is 2.83. The van der Waals surface area contributed by atoms with Crippen LogP contribution in [0.4, 0.5) is 5.82 Å². The molecule has 76 valence electrons. The van der Waals surface area contributed by atoms with Crippen molar-refractivity contribution in [2.45, 2.75) is 19.9 Å². The monoisotopic (exact) mass is 196 g/mol. The molecule has 0 aromatic carbocycles. The van der Waals surface area contributed by atoms with Gasteiger partial charge in [-0.1, -0.05) is 0 Å². The van der Waals surface area contributed by atoms with Crippen LogP contribution in [0.25, 0.3) is 0 Å². The van der Waals surface area contributed by atoms with Crippen LogP contribution in [-0.2, 0) is 4.79 Å². The normalized spacial score (nSPS) is 10.2. The number of nitrogens with zero attached hydrogens (tertiary/aromatic N) is 4. The van der Waals surface area contributed by atoms with Crippen LogP contribution in [0.1, 0.15) is 13.8 Å². The molecule has 1 heterocycles. The molecular formula is C8H12N4O2. The van der Waals surface area contributed by atoms with Gasteiger partial charge in [-0.2, -0.15) is 0 Å². The molecule has 1 aromatic heterocycles. The van der Waals surface area contributed by atoms with Crippen LogP contribution < -0.4 is 4.90 Å². The zero-order valence-corrected chi connectivity index (χ0v) is 8.08. The van der Waals surface area contributed by atoms with E-state index in [1.807, 2.05) is 13.8 Å². The molecule has 1 N–H and O–H groups in total. The van der Waals surface area contributed by atoms with E-state index in [0.29, 0.717) is 5.82 Å². The van der Waals surface area contributed by atoms with E-state index in [0.717, 1.165) is 0 Å². The number of aromatic nitrogens is 3. The Morgan fingerprint density at radius 1 is 1.64 bits per heavy atom. The van der Waals surface area contributed by atoms with Crippen LogP contribution in [-0.4, -0.2) is 38.8 Å². The molecule has 0 saturated carbocycles. The van der Waals surface area contributed by atoms with Gasteiger partial charge in [-0.25, -0.2) is 4.98 Å². The van der Waals surface area contributed by atoms with E-state index in [4.69, 9.17) is 5.11 Å². The highest BCUT2D eigenvalue weighted by molar-refractivity contribution is 5.73. The van der Waals surface area contributed by atoms with Gasteiger partial charge in [-0.05, 0) is 13.8 Å². The third kappa shape index (κ3) is 2.65. The van der Waals surface area contributed by atoms with Crippen molar-refractivity contribution in [3.63, 3.8) is 0 Å². The second-order valence-electron chi connectivity index (χ2n) is 3.08. The second-order valence-corrected chi connectivity index (χ2v) is 3.08. The van der Waals surface area contributed by atoms with E-state index < -0.39 is 5.97 Å². The Kier molecular flexibility index (Phi) is 3.33. The minimum absolute atomic E-state index is 0.0459. The first-order chi connectivity index (χ1) is 6.61. The molecule has 0 bridgehead atoms. The van der Waals surface area contributed by atoms with Gasteiger partial charge in [-0.3, -0.25) is 4.79 Å². The Bertz CT molecular complexity index is 301. The van der Waals surface area contributed by atoms with Crippen LogP contribution in [0, 0.1) is 0 Å². The molecular weight excluding hydrogens is 184 g/mol. The standard InChI is InChI=1S/C8H12N4O2/c1-6(2)12(4-8(13)14)7-3-9-5-10-11-7/h3,5-6H,4H2,1-2H3,(H,13,14). The van der Waals surface area contributed by atoms with Crippen molar-refractivity contribution in [1.82, 2.24) is 15.2 Å². The largest absolute Gasteiger partial charge is 0.480 e. The molecule has 0 aliphatic rings. The van der Waals surface area contributed by atoms with Crippen LogP contribution >= 0.6 is 0 Å². The number of carbonyl (C=O) groups is 1. The van der Waals surface area contributed by atoms with Crippen LogP contribution in [0.15, 0.2) is 12.5 Å². The highest BCUT2D eigenvalue weighted by atomic mass is 16.4. The Labute approximate surface area is 81.6 Å². The first-order valence-corrected chi connectivity index (χ1v) is 4.22. The van der Waals surface area contributed by atoms with Gasteiger partial charge in [0.1, 0.15) is 12.9 Å². The molecule has 0 spiro atoms. The summed E-state index contributed by atoms with van der Waals surface area (Å²) in [6.07, 6.45) is 2.80. The Hall–Kier alpha value is -1.72. The summed E-state index contributed by atoms with van der Waals surface area (Å²) >= 11 is 0. The smallest absolute Gasteiger partial charge is 0.323 e. The fourth-order valence-corrected chi connectivity index (χ4v) is 1.05. The van der Waals surface area contributed by atoms with Crippen LogP contribution in [0.3, 0.4) is 0 Å². The van der Waals surface area contributed by atoms with Crippen molar-refractivity contribution in [2.24, 2.45) is 0 Å². The molecule has 0 unspecified atom stereocenters. The van der Waals surface area contributed by atoms with E-state index in [1.165, 1.54) is 12.5 Å². The minimum Gasteiger partial charge on any atom is -0.480 e. The lowest BCUT2D eigenvalue weighted by molar-refractivity contribution is -0.135. The highest BCUT2D eigenvalue weighted by Crippen LogP contribution is 2.09. The lowest BCUT2D eigenvalue weighted by Crippen LogP contribution is -2.36. The second kappa shape index (κ2) is 4.50. The predicted octanol–water partition coefficient (Wildman–Crippen LogP) is 0.171. The molecule has 14 heavy (non-hydrogen) atoms. The van der Waals surface area contributed by atoms with Gasteiger partial charge < -0.3 is 10.0 Å². The lowest BCUT2D eigenvalue weighted by Gasteiger charge is -2.24. The molecule has 0 aliphatic carbocycles. The van der Waals surface area contributed by atoms with Gasteiger partial charge in [0, 0.05) is 6.04 Å². The molecule has 0 amide bonds. The molecule has 1 aromatic rings. The highest BCUT2D eigenvalue weighted by Gasteiger charge is 2.15. The molecule has 0 fully saturated rings.